The first kappa shape index (κ1) is 26.7. The second-order valence-corrected chi connectivity index (χ2v) is 10.5. The number of hydrogen-bond donors (Lipinski definition) is 2. The molecule has 0 spiro atoms. The van der Waals surface area contributed by atoms with Gasteiger partial charge in [-0.2, -0.15) is 0 Å². The van der Waals surface area contributed by atoms with E-state index in [0.29, 0.717) is 24.5 Å². The molecule has 2 N–H and O–H groups in total. The van der Waals surface area contributed by atoms with Crippen molar-refractivity contribution in [1.29, 1.82) is 0 Å². The molecule has 4 rings (SSSR count). The molecule has 37 heavy (non-hydrogen) atoms. The number of rotatable bonds is 7. The lowest BCUT2D eigenvalue weighted by Crippen LogP contribution is -2.47. The van der Waals surface area contributed by atoms with Crippen LogP contribution in [0.2, 0.25) is 0 Å². The number of carbonyl (C=O) groups is 2. The number of para-hydroxylation sites is 1. The number of aryl methyl sites for hydroxylation is 1. The fourth-order valence-electron chi connectivity index (χ4n) is 5.03. The largest absolute Gasteiger partial charge is 0.488 e. The van der Waals surface area contributed by atoms with Gasteiger partial charge in [0.15, 0.2) is 0 Å². The van der Waals surface area contributed by atoms with Crippen molar-refractivity contribution in [2.24, 2.45) is 13.0 Å². The normalized spacial score (nSPS) is 19.1. The molecule has 0 aliphatic carbocycles. The molecular weight excluding hydrogens is 468 g/mol. The molecule has 0 fully saturated rings. The third-order valence-corrected chi connectivity index (χ3v) is 7.08. The van der Waals surface area contributed by atoms with Crippen LogP contribution in [0.25, 0.3) is 10.9 Å². The number of benzene rings is 2. The Labute approximate surface area is 218 Å². The first-order chi connectivity index (χ1) is 17.7. The number of fused-ring (bicyclic) bond motifs is 2. The van der Waals surface area contributed by atoms with E-state index in [-0.39, 0.29) is 49.3 Å². The van der Waals surface area contributed by atoms with Crippen LogP contribution in [0.15, 0.2) is 48.7 Å². The summed E-state index contributed by atoms with van der Waals surface area (Å²) in [5.41, 5.74) is 3.40. The van der Waals surface area contributed by atoms with E-state index in [1.165, 1.54) is 0 Å². The minimum atomic E-state index is -0.292. The maximum absolute atomic E-state index is 13.3. The van der Waals surface area contributed by atoms with Gasteiger partial charge in [0.05, 0.1) is 25.5 Å². The second-order valence-electron chi connectivity index (χ2n) is 10.5. The highest BCUT2D eigenvalue weighted by molar-refractivity contribution is 5.96. The Balaban J connectivity index is 1.58. The number of aliphatic hydroxyl groups is 1. The Kier molecular flexibility index (Phi) is 8.19. The van der Waals surface area contributed by atoms with Crippen LogP contribution in [-0.4, -0.2) is 77.2 Å². The molecule has 2 aromatic carbocycles. The van der Waals surface area contributed by atoms with E-state index in [9.17, 15) is 14.7 Å². The molecule has 0 radical (unpaired) electrons. The SMILES string of the molecule is C[C@@H]1CN([C@@H](C)CO)C(=O)Cc2cc(NC(=O)Cc3cn(C)c4ccccc34)ccc2O[C@H]1CN(C)C. The quantitative estimate of drug-likeness (QED) is 0.514. The highest BCUT2D eigenvalue weighted by Gasteiger charge is 2.30. The molecule has 1 aliphatic rings. The number of anilines is 1. The van der Waals surface area contributed by atoms with Crippen LogP contribution in [0.5, 0.6) is 5.75 Å². The van der Waals surface area contributed by atoms with Crippen molar-refractivity contribution in [2.75, 3.05) is 39.1 Å². The number of carbonyl (C=O) groups excluding carboxylic acids is 2. The van der Waals surface area contributed by atoms with Crippen LogP contribution in [0.3, 0.4) is 0 Å². The predicted octanol–water partition coefficient (Wildman–Crippen LogP) is 3.07. The molecule has 0 unspecified atom stereocenters. The zero-order valence-corrected chi connectivity index (χ0v) is 22.4. The van der Waals surface area contributed by atoms with Crippen LogP contribution in [0.4, 0.5) is 5.69 Å². The zero-order chi connectivity index (χ0) is 26.7. The third kappa shape index (κ3) is 6.14. The summed E-state index contributed by atoms with van der Waals surface area (Å²) in [6.45, 7) is 5.02. The Morgan fingerprint density at radius 2 is 2.00 bits per heavy atom. The first-order valence-corrected chi connectivity index (χ1v) is 12.8. The monoisotopic (exact) mass is 506 g/mol. The number of aliphatic hydroxyl groups excluding tert-OH is 1. The standard InChI is InChI=1S/C29H38N4O4/c1-19-15-33(20(2)18-34)29(36)14-21-12-23(10-11-26(21)37-27(19)17-31(3)4)30-28(35)13-22-16-32(5)25-9-7-6-8-24(22)25/h6-12,16,19-20,27,34H,13-15,17-18H2,1-5H3,(H,30,35)/t19-,20+,27+/m1/s1. The molecule has 0 bridgehead atoms. The molecule has 1 aliphatic heterocycles. The van der Waals surface area contributed by atoms with Crippen molar-refractivity contribution >= 4 is 28.4 Å². The summed E-state index contributed by atoms with van der Waals surface area (Å²) in [5.74, 6) is 0.521. The van der Waals surface area contributed by atoms with E-state index >= 15 is 0 Å². The summed E-state index contributed by atoms with van der Waals surface area (Å²) in [5, 5.41) is 13.8. The molecule has 3 aromatic rings. The fraction of sp³-hybridized carbons (Fsp3) is 0.448. The Hall–Kier alpha value is -3.36. The van der Waals surface area contributed by atoms with Gasteiger partial charge in [-0.15, -0.1) is 0 Å². The van der Waals surface area contributed by atoms with Gasteiger partial charge in [0.25, 0.3) is 0 Å². The highest BCUT2D eigenvalue weighted by Crippen LogP contribution is 2.29. The second kappa shape index (κ2) is 11.4. The molecule has 198 valence electrons. The average Bonchev–Trinajstić information content (AvgIpc) is 3.18. The van der Waals surface area contributed by atoms with Crippen LogP contribution >= 0.6 is 0 Å². The van der Waals surface area contributed by atoms with Crippen molar-refractivity contribution in [2.45, 2.75) is 38.8 Å². The highest BCUT2D eigenvalue weighted by atomic mass is 16.5. The summed E-state index contributed by atoms with van der Waals surface area (Å²) < 4.78 is 8.49. The van der Waals surface area contributed by atoms with E-state index < -0.39 is 0 Å². The molecular formula is C29H38N4O4. The number of likely N-dealkylation sites (N-methyl/N-ethyl adjacent to an activating group) is 1. The molecule has 2 amide bonds. The van der Waals surface area contributed by atoms with E-state index in [1.807, 2.05) is 81.3 Å². The molecule has 0 saturated carbocycles. The lowest BCUT2D eigenvalue weighted by Gasteiger charge is -2.33. The van der Waals surface area contributed by atoms with Crippen LogP contribution in [-0.2, 0) is 29.5 Å². The van der Waals surface area contributed by atoms with Gasteiger partial charge < -0.3 is 29.5 Å². The Bertz CT molecular complexity index is 1270. The van der Waals surface area contributed by atoms with Crippen molar-refractivity contribution in [3.05, 3.63) is 59.8 Å². The average molecular weight is 507 g/mol. The van der Waals surface area contributed by atoms with Crippen LogP contribution in [0.1, 0.15) is 25.0 Å². The van der Waals surface area contributed by atoms with Crippen molar-refractivity contribution in [3.63, 3.8) is 0 Å². The van der Waals surface area contributed by atoms with Gasteiger partial charge in [0, 0.05) is 54.4 Å². The van der Waals surface area contributed by atoms with Gasteiger partial charge in [-0.05, 0) is 50.8 Å². The molecule has 2 heterocycles. The first-order valence-electron chi connectivity index (χ1n) is 12.8. The molecule has 1 aromatic heterocycles. The zero-order valence-electron chi connectivity index (χ0n) is 22.4. The molecule has 3 atom stereocenters. The smallest absolute Gasteiger partial charge is 0.228 e. The lowest BCUT2D eigenvalue weighted by atomic mass is 10.0. The summed E-state index contributed by atoms with van der Waals surface area (Å²) >= 11 is 0. The number of hydrogen-bond acceptors (Lipinski definition) is 5. The van der Waals surface area contributed by atoms with Crippen molar-refractivity contribution in [1.82, 2.24) is 14.4 Å². The summed E-state index contributed by atoms with van der Waals surface area (Å²) in [6, 6.07) is 13.2. The van der Waals surface area contributed by atoms with Gasteiger partial charge in [-0.3, -0.25) is 9.59 Å². The minimum absolute atomic E-state index is 0.0615. The Morgan fingerprint density at radius 3 is 2.73 bits per heavy atom. The van der Waals surface area contributed by atoms with Gasteiger partial charge >= 0.3 is 0 Å². The van der Waals surface area contributed by atoms with E-state index in [0.717, 1.165) is 22.0 Å². The van der Waals surface area contributed by atoms with Gasteiger partial charge in [-0.25, -0.2) is 0 Å². The van der Waals surface area contributed by atoms with E-state index in [4.69, 9.17) is 4.74 Å². The maximum Gasteiger partial charge on any atom is 0.228 e. The van der Waals surface area contributed by atoms with Gasteiger partial charge in [0.1, 0.15) is 11.9 Å². The van der Waals surface area contributed by atoms with E-state index in [1.54, 1.807) is 4.90 Å². The predicted molar refractivity (Wildman–Crippen MR) is 146 cm³/mol. The number of nitrogens with zero attached hydrogens (tertiary/aromatic N) is 3. The molecule has 8 nitrogen and oxygen atoms in total. The summed E-state index contributed by atoms with van der Waals surface area (Å²) in [7, 11) is 5.97. The number of aromatic nitrogens is 1. The van der Waals surface area contributed by atoms with Gasteiger partial charge in [0.2, 0.25) is 11.8 Å². The van der Waals surface area contributed by atoms with Crippen LogP contribution in [0, 0.1) is 5.92 Å². The summed E-state index contributed by atoms with van der Waals surface area (Å²) in [6.07, 6.45) is 2.23. The number of nitrogens with one attached hydrogen (secondary N) is 1. The van der Waals surface area contributed by atoms with Crippen molar-refractivity contribution in [3.8, 4) is 5.75 Å². The summed E-state index contributed by atoms with van der Waals surface area (Å²) in [4.78, 5) is 30.1. The minimum Gasteiger partial charge on any atom is -0.488 e. The fourth-order valence-corrected chi connectivity index (χ4v) is 5.03. The Morgan fingerprint density at radius 1 is 1.24 bits per heavy atom. The molecule has 8 heteroatoms. The lowest BCUT2D eigenvalue weighted by molar-refractivity contribution is -0.134. The van der Waals surface area contributed by atoms with Crippen molar-refractivity contribution < 1.29 is 19.4 Å². The van der Waals surface area contributed by atoms with Crippen LogP contribution < -0.4 is 10.1 Å². The van der Waals surface area contributed by atoms with E-state index in [2.05, 4.69) is 17.1 Å². The maximum atomic E-state index is 13.3. The van der Waals surface area contributed by atoms with Gasteiger partial charge in [-0.1, -0.05) is 25.1 Å². The number of ether oxygens (including phenoxy) is 1. The third-order valence-electron chi connectivity index (χ3n) is 7.08. The number of amides is 2. The molecule has 0 saturated heterocycles. The topological polar surface area (TPSA) is 87.0 Å².